The molecule has 0 bridgehead atoms. The van der Waals surface area contributed by atoms with E-state index in [0.717, 1.165) is 18.2 Å². The topological polar surface area (TPSA) is 26.0 Å². The molecule has 0 aliphatic carbocycles. The lowest BCUT2D eigenvalue weighted by Crippen LogP contribution is -2.49. The van der Waals surface area contributed by atoms with E-state index in [-0.39, 0.29) is 10.0 Å². The fourth-order valence-electron chi connectivity index (χ4n) is 1.73. The maximum atomic E-state index is 12.9. The van der Waals surface area contributed by atoms with Crippen LogP contribution >= 0.6 is 15.9 Å². The summed E-state index contributed by atoms with van der Waals surface area (Å²) in [6, 6.07) is 0.915. The molecule has 0 aliphatic rings. The summed E-state index contributed by atoms with van der Waals surface area (Å²) in [5.74, 6) is -4.30. The molecule has 0 aromatic heterocycles. The van der Waals surface area contributed by atoms with Crippen molar-refractivity contribution in [2.24, 2.45) is 11.7 Å². The molecule has 0 radical (unpaired) electrons. The molecule has 0 saturated heterocycles. The summed E-state index contributed by atoms with van der Waals surface area (Å²) in [6.45, 7) is 0. The Kier molecular flexibility index (Phi) is 5.07. The third-order valence-electron chi connectivity index (χ3n) is 2.59. The van der Waals surface area contributed by atoms with Crippen LogP contribution in [0.15, 0.2) is 22.7 Å². The van der Waals surface area contributed by atoms with Gasteiger partial charge in [0.15, 0.2) is 5.92 Å². The number of alkyl halides is 6. The van der Waals surface area contributed by atoms with Crippen molar-refractivity contribution in [2.75, 3.05) is 0 Å². The van der Waals surface area contributed by atoms with Gasteiger partial charge in [0.1, 0.15) is 5.82 Å². The van der Waals surface area contributed by atoms with Crippen LogP contribution in [0.4, 0.5) is 30.7 Å². The molecular formula is C11H9BrF7N. The predicted molar refractivity (Wildman–Crippen MR) is 61.4 cm³/mol. The molecule has 114 valence electrons. The van der Waals surface area contributed by atoms with Gasteiger partial charge in [0.25, 0.3) is 0 Å². The van der Waals surface area contributed by atoms with E-state index in [2.05, 4.69) is 15.9 Å². The fraction of sp³-hybridized carbons (Fsp3) is 0.455. The first-order chi connectivity index (χ1) is 8.93. The number of benzene rings is 1. The van der Waals surface area contributed by atoms with E-state index in [0.29, 0.717) is 0 Å². The molecule has 2 N–H and O–H groups in total. The zero-order valence-electron chi connectivity index (χ0n) is 9.69. The summed E-state index contributed by atoms with van der Waals surface area (Å²) in [6.07, 6.45) is -11.7. The Morgan fingerprint density at radius 1 is 1.05 bits per heavy atom. The predicted octanol–water partition coefficient (Wildman–Crippen LogP) is 4.20. The van der Waals surface area contributed by atoms with E-state index >= 15 is 0 Å². The minimum absolute atomic E-state index is 0.0576. The molecule has 1 unspecified atom stereocenters. The van der Waals surface area contributed by atoms with Crippen LogP contribution in [0, 0.1) is 11.7 Å². The molecule has 20 heavy (non-hydrogen) atoms. The van der Waals surface area contributed by atoms with Crippen molar-refractivity contribution in [1.29, 1.82) is 0 Å². The molecule has 1 nitrogen and oxygen atoms in total. The maximum Gasteiger partial charge on any atom is 0.402 e. The number of nitrogens with two attached hydrogens (primary N) is 1. The lowest BCUT2D eigenvalue weighted by molar-refractivity contribution is -0.289. The van der Waals surface area contributed by atoms with E-state index in [1.165, 1.54) is 0 Å². The highest BCUT2D eigenvalue weighted by Gasteiger charge is 2.59. The SMILES string of the molecule is NC(Cc1ccc(F)c(Br)c1)C(C(F)(F)F)C(F)(F)F. The smallest absolute Gasteiger partial charge is 0.327 e. The highest BCUT2D eigenvalue weighted by Crippen LogP contribution is 2.41. The number of halogens is 8. The third-order valence-corrected chi connectivity index (χ3v) is 3.20. The molecule has 0 saturated carbocycles. The van der Waals surface area contributed by atoms with Crippen molar-refractivity contribution in [1.82, 2.24) is 0 Å². The Morgan fingerprint density at radius 3 is 1.95 bits per heavy atom. The van der Waals surface area contributed by atoms with Crippen LogP contribution in [0.1, 0.15) is 5.56 Å². The van der Waals surface area contributed by atoms with Gasteiger partial charge in [0, 0.05) is 6.04 Å². The summed E-state index contributed by atoms with van der Waals surface area (Å²) in [5.41, 5.74) is 5.13. The molecule has 1 aromatic carbocycles. The molecule has 9 heteroatoms. The quantitative estimate of drug-likeness (QED) is 0.796. The van der Waals surface area contributed by atoms with Gasteiger partial charge >= 0.3 is 12.4 Å². The second-order valence-corrected chi connectivity index (χ2v) is 5.03. The highest BCUT2D eigenvalue weighted by atomic mass is 79.9. The minimum Gasteiger partial charge on any atom is -0.327 e. The normalized spacial score (nSPS) is 14.7. The molecular weight excluding hydrogens is 359 g/mol. The first-order valence-corrected chi connectivity index (χ1v) is 6.05. The van der Waals surface area contributed by atoms with Crippen LogP contribution in [0.3, 0.4) is 0 Å². The van der Waals surface area contributed by atoms with Gasteiger partial charge in [-0.1, -0.05) is 6.07 Å². The van der Waals surface area contributed by atoms with E-state index in [1.54, 1.807) is 0 Å². The van der Waals surface area contributed by atoms with Crippen LogP contribution in [-0.4, -0.2) is 18.4 Å². The average Bonchev–Trinajstić information content (AvgIpc) is 2.18. The Morgan fingerprint density at radius 2 is 1.55 bits per heavy atom. The largest absolute Gasteiger partial charge is 0.402 e. The summed E-state index contributed by atoms with van der Waals surface area (Å²) in [4.78, 5) is 0. The van der Waals surface area contributed by atoms with Gasteiger partial charge in [0.05, 0.1) is 4.47 Å². The minimum atomic E-state index is -5.49. The fourth-order valence-corrected chi connectivity index (χ4v) is 2.15. The van der Waals surface area contributed by atoms with Crippen molar-refractivity contribution in [3.05, 3.63) is 34.1 Å². The zero-order chi connectivity index (χ0) is 15.7. The summed E-state index contributed by atoms with van der Waals surface area (Å²) in [5, 5.41) is 0. The second-order valence-electron chi connectivity index (χ2n) is 4.18. The molecule has 0 fully saturated rings. The van der Waals surface area contributed by atoms with Crippen molar-refractivity contribution < 1.29 is 30.7 Å². The van der Waals surface area contributed by atoms with Gasteiger partial charge in [-0.3, -0.25) is 0 Å². The van der Waals surface area contributed by atoms with Crippen LogP contribution in [-0.2, 0) is 6.42 Å². The van der Waals surface area contributed by atoms with Crippen molar-refractivity contribution in [3.8, 4) is 0 Å². The lowest BCUT2D eigenvalue weighted by atomic mass is 9.93. The molecule has 0 amide bonds. The second kappa shape index (κ2) is 5.88. The number of rotatable bonds is 3. The van der Waals surface area contributed by atoms with Crippen molar-refractivity contribution in [3.63, 3.8) is 0 Å². The van der Waals surface area contributed by atoms with Gasteiger partial charge in [0.2, 0.25) is 0 Å². The monoisotopic (exact) mass is 367 g/mol. The van der Waals surface area contributed by atoms with Crippen LogP contribution in [0.5, 0.6) is 0 Å². The molecule has 1 aromatic rings. The standard InChI is InChI=1S/C11H9BrF7N/c12-6-3-5(1-2-7(6)13)4-8(20)9(10(14,15)16)11(17,18)19/h1-3,8-9H,4,20H2. The molecule has 0 spiro atoms. The molecule has 0 aliphatic heterocycles. The van der Waals surface area contributed by atoms with Gasteiger partial charge in [-0.25, -0.2) is 4.39 Å². The molecule has 1 rings (SSSR count). The Bertz CT molecular complexity index is 455. The van der Waals surface area contributed by atoms with Crippen molar-refractivity contribution >= 4 is 15.9 Å². The van der Waals surface area contributed by atoms with Crippen molar-refractivity contribution in [2.45, 2.75) is 24.8 Å². The Labute approximate surface area is 118 Å². The molecule has 0 heterocycles. The maximum absolute atomic E-state index is 12.9. The van der Waals surface area contributed by atoms with Gasteiger partial charge in [-0.05, 0) is 40.0 Å². The van der Waals surface area contributed by atoms with Gasteiger partial charge < -0.3 is 5.73 Å². The third kappa shape index (κ3) is 4.34. The summed E-state index contributed by atoms with van der Waals surface area (Å²) < 4.78 is 87.5. The average molecular weight is 368 g/mol. The molecule has 1 atom stereocenters. The Balaban J connectivity index is 2.97. The van der Waals surface area contributed by atoms with Crippen LogP contribution < -0.4 is 5.73 Å². The first-order valence-electron chi connectivity index (χ1n) is 5.26. The summed E-state index contributed by atoms with van der Waals surface area (Å²) >= 11 is 2.79. The zero-order valence-corrected chi connectivity index (χ0v) is 11.3. The van der Waals surface area contributed by atoms with E-state index in [9.17, 15) is 30.7 Å². The van der Waals surface area contributed by atoms with Gasteiger partial charge in [-0.2, -0.15) is 26.3 Å². The van der Waals surface area contributed by atoms with E-state index in [4.69, 9.17) is 5.73 Å². The lowest BCUT2D eigenvalue weighted by Gasteiger charge is -2.28. The van der Waals surface area contributed by atoms with Crippen LogP contribution in [0.2, 0.25) is 0 Å². The number of hydrogen-bond acceptors (Lipinski definition) is 1. The highest BCUT2D eigenvalue weighted by molar-refractivity contribution is 9.10. The summed E-state index contributed by atoms with van der Waals surface area (Å²) in [7, 11) is 0. The van der Waals surface area contributed by atoms with E-state index < -0.39 is 36.6 Å². The Hall–Kier alpha value is -0.830. The number of hydrogen-bond donors (Lipinski definition) is 1. The van der Waals surface area contributed by atoms with Crippen LogP contribution in [0.25, 0.3) is 0 Å². The first kappa shape index (κ1) is 17.2. The van der Waals surface area contributed by atoms with Gasteiger partial charge in [-0.15, -0.1) is 0 Å². The van der Waals surface area contributed by atoms with E-state index in [1.807, 2.05) is 0 Å².